The minimum Gasteiger partial charge on any atom is -0.507 e. The van der Waals surface area contributed by atoms with Crippen LogP contribution in [0.2, 0.25) is 0 Å². The highest BCUT2D eigenvalue weighted by molar-refractivity contribution is 5.89. The molecule has 4 aromatic rings. The Morgan fingerprint density at radius 3 is 2.73 bits per heavy atom. The highest BCUT2D eigenvalue weighted by Gasteiger charge is 2.28. The van der Waals surface area contributed by atoms with Gasteiger partial charge in [-0.15, -0.1) is 0 Å². The van der Waals surface area contributed by atoms with E-state index in [1.807, 2.05) is 19.1 Å². The van der Waals surface area contributed by atoms with Crippen LogP contribution < -0.4 is 5.69 Å². The Morgan fingerprint density at radius 2 is 1.91 bits per heavy atom. The van der Waals surface area contributed by atoms with E-state index in [1.54, 1.807) is 6.07 Å². The van der Waals surface area contributed by atoms with Gasteiger partial charge in [0, 0.05) is 36.3 Å². The Morgan fingerprint density at radius 1 is 1.09 bits per heavy atom. The van der Waals surface area contributed by atoms with Gasteiger partial charge in [0.1, 0.15) is 5.75 Å². The van der Waals surface area contributed by atoms with Gasteiger partial charge in [0.25, 0.3) is 0 Å². The van der Waals surface area contributed by atoms with E-state index in [2.05, 4.69) is 37.4 Å². The number of aromatic nitrogens is 5. The van der Waals surface area contributed by atoms with Gasteiger partial charge in [0.2, 0.25) is 0 Å². The fourth-order valence-corrected chi connectivity index (χ4v) is 5.19. The minimum atomic E-state index is -0.338. The van der Waals surface area contributed by atoms with Crippen molar-refractivity contribution in [1.29, 1.82) is 0 Å². The number of aromatic amines is 2. The lowest BCUT2D eigenvalue weighted by atomic mass is 10.1. The second kappa shape index (κ2) is 7.86. The van der Waals surface area contributed by atoms with Gasteiger partial charge >= 0.3 is 5.69 Å². The number of phenolic OH excluding ortho intramolecular Hbond substituents is 1. The lowest BCUT2D eigenvalue weighted by molar-refractivity contribution is 0.0187. The summed E-state index contributed by atoms with van der Waals surface area (Å²) >= 11 is 0. The van der Waals surface area contributed by atoms with Crippen LogP contribution in [-0.4, -0.2) is 67.3 Å². The van der Waals surface area contributed by atoms with Gasteiger partial charge in [0.05, 0.1) is 30.0 Å². The molecule has 9 heteroatoms. The van der Waals surface area contributed by atoms with E-state index >= 15 is 0 Å². The summed E-state index contributed by atoms with van der Waals surface area (Å²) in [6.07, 6.45) is 2.75. The van der Waals surface area contributed by atoms with Gasteiger partial charge in [0.15, 0.2) is 5.82 Å². The predicted octanol–water partition coefficient (Wildman–Crippen LogP) is 2.17. The number of nitrogens with one attached hydrogen (secondary N) is 2. The number of fused-ring (bicyclic) bond motifs is 2. The number of phenols is 1. The summed E-state index contributed by atoms with van der Waals surface area (Å²) in [7, 11) is 0. The highest BCUT2D eigenvalue weighted by atomic mass is 16.5. The van der Waals surface area contributed by atoms with Crippen molar-refractivity contribution in [3.8, 4) is 22.8 Å². The summed E-state index contributed by atoms with van der Waals surface area (Å²) in [5, 5.41) is 25.7. The molecule has 9 nitrogen and oxygen atoms in total. The summed E-state index contributed by atoms with van der Waals surface area (Å²) in [5.41, 5.74) is 5.13. The first kappa shape index (κ1) is 20.2. The van der Waals surface area contributed by atoms with Crippen LogP contribution in [0.5, 0.6) is 5.75 Å². The van der Waals surface area contributed by atoms with Crippen molar-refractivity contribution >= 4 is 10.9 Å². The van der Waals surface area contributed by atoms with Crippen LogP contribution in [0.3, 0.4) is 0 Å². The molecule has 0 radical (unpaired) electrons. The molecule has 2 aromatic carbocycles. The maximum absolute atomic E-state index is 12.8. The van der Waals surface area contributed by atoms with Crippen LogP contribution in [0.4, 0.5) is 0 Å². The lowest BCUT2D eigenvalue weighted by Gasteiger charge is -2.32. The number of benzene rings is 2. The van der Waals surface area contributed by atoms with Crippen molar-refractivity contribution in [2.75, 3.05) is 26.3 Å². The molecule has 0 amide bonds. The van der Waals surface area contributed by atoms with Crippen LogP contribution in [0, 0.1) is 0 Å². The molecule has 3 heterocycles. The molecule has 2 aromatic heterocycles. The quantitative estimate of drug-likeness (QED) is 0.443. The number of hydrogen-bond acceptors (Lipinski definition) is 6. The molecule has 2 aliphatic rings. The van der Waals surface area contributed by atoms with Crippen LogP contribution in [-0.2, 0) is 24.0 Å². The van der Waals surface area contributed by atoms with Gasteiger partial charge in [-0.05, 0) is 48.6 Å². The zero-order valence-electron chi connectivity index (χ0n) is 18.5. The zero-order valence-corrected chi connectivity index (χ0v) is 18.5. The van der Waals surface area contributed by atoms with Crippen LogP contribution in [0.15, 0.2) is 35.1 Å². The highest BCUT2D eigenvalue weighted by Crippen LogP contribution is 2.34. The Kier molecular flexibility index (Phi) is 4.81. The zero-order chi connectivity index (χ0) is 22.5. The number of rotatable bonds is 4. The molecule has 0 bridgehead atoms. The summed E-state index contributed by atoms with van der Waals surface area (Å²) in [6.45, 7) is 5.55. The molecule has 1 fully saturated rings. The van der Waals surface area contributed by atoms with Crippen molar-refractivity contribution in [3.05, 3.63) is 57.6 Å². The van der Waals surface area contributed by atoms with Crippen molar-refractivity contribution < 1.29 is 9.84 Å². The summed E-state index contributed by atoms with van der Waals surface area (Å²) in [5.74, 6) is 0.413. The number of ether oxygens (including phenoxy) is 1. The fourth-order valence-electron chi connectivity index (χ4n) is 5.19. The van der Waals surface area contributed by atoms with Gasteiger partial charge in [-0.2, -0.15) is 10.2 Å². The predicted molar refractivity (Wildman–Crippen MR) is 124 cm³/mol. The first-order valence-corrected chi connectivity index (χ1v) is 11.4. The average molecular weight is 447 g/mol. The third-order valence-electron chi connectivity index (χ3n) is 6.94. The minimum absolute atomic E-state index is 0.0328. The van der Waals surface area contributed by atoms with E-state index in [4.69, 9.17) is 4.74 Å². The molecule has 170 valence electrons. The van der Waals surface area contributed by atoms with Crippen molar-refractivity contribution in [1.82, 2.24) is 29.9 Å². The SMILES string of the molecule is CCc1[nH]nc2cc(O)c(-c3n[nH]c(=O)n3-c3ccc4c(c3)CC(N3CCOCC3)C4)cc12. The molecular formula is C24H26N6O3. The van der Waals surface area contributed by atoms with E-state index in [0.29, 0.717) is 22.9 Å². The third-order valence-corrected chi connectivity index (χ3v) is 6.94. The Hall–Kier alpha value is -3.43. The number of nitrogens with zero attached hydrogens (tertiary/aromatic N) is 4. The molecule has 33 heavy (non-hydrogen) atoms. The van der Waals surface area contributed by atoms with E-state index in [1.165, 1.54) is 15.7 Å². The van der Waals surface area contributed by atoms with Gasteiger partial charge < -0.3 is 9.84 Å². The number of aryl methyl sites for hydroxylation is 1. The molecule has 0 saturated carbocycles. The lowest BCUT2D eigenvalue weighted by Crippen LogP contribution is -2.43. The smallest absolute Gasteiger partial charge is 0.348 e. The maximum atomic E-state index is 12.8. The van der Waals surface area contributed by atoms with E-state index in [0.717, 1.165) is 62.3 Å². The summed E-state index contributed by atoms with van der Waals surface area (Å²) in [6, 6.07) is 10.1. The normalized spacial score (nSPS) is 18.8. The molecule has 1 aliphatic heterocycles. The van der Waals surface area contributed by atoms with Crippen molar-refractivity contribution in [3.63, 3.8) is 0 Å². The second-order valence-electron chi connectivity index (χ2n) is 8.79. The van der Waals surface area contributed by atoms with Gasteiger partial charge in [-0.1, -0.05) is 13.0 Å². The molecule has 1 atom stereocenters. The average Bonchev–Trinajstić information content (AvgIpc) is 3.54. The van der Waals surface area contributed by atoms with Crippen molar-refractivity contribution in [2.45, 2.75) is 32.2 Å². The van der Waals surface area contributed by atoms with Crippen LogP contribution in [0.1, 0.15) is 23.7 Å². The largest absolute Gasteiger partial charge is 0.507 e. The standard InChI is InChI=1S/C24H26N6O3/c1-2-20-18-12-19(22(31)13-21(18)26-25-20)23-27-28-24(32)30(23)16-4-3-14-9-17(11-15(14)10-16)29-5-7-33-8-6-29/h3-4,10,12-13,17,31H,2,5-9,11H2,1H3,(H,25,26)(H,28,32). The Labute approximate surface area is 190 Å². The molecule has 0 spiro atoms. The van der Waals surface area contributed by atoms with E-state index in [9.17, 15) is 9.90 Å². The first-order chi connectivity index (χ1) is 16.1. The van der Waals surface area contributed by atoms with Crippen molar-refractivity contribution in [2.24, 2.45) is 0 Å². The number of morpholine rings is 1. The van der Waals surface area contributed by atoms with E-state index in [-0.39, 0.29) is 11.4 Å². The fraction of sp³-hybridized carbons (Fsp3) is 0.375. The monoisotopic (exact) mass is 446 g/mol. The molecule has 1 unspecified atom stereocenters. The van der Waals surface area contributed by atoms with Gasteiger partial charge in [-0.3, -0.25) is 10.00 Å². The summed E-state index contributed by atoms with van der Waals surface area (Å²) < 4.78 is 7.04. The van der Waals surface area contributed by atoms with Crippen LogP contribution in [0.25, 0.3) is 28.0 Å². The molecule has 1 saturated heterocycles. The van der Waals surface area contributed by atoms with Crippen LogP contribution >= 0.6 is 0 Å². The van der Waals surface area contributed by atoms with Gasteiger partial charge in [-0.25, -0.2) is 14.5 Å². The molecule has 3 N–H and O–H groups in total. The number of aromatic hydroxyl groups is 1. The molecular weight excluding hydrogens is 420 g/mol. The second-order valence-corrected chi connectivity index (χ2v) is 8.79. The maximum Gasteiger partial charge on any atom is 0.348 e. The summed E-state index contributed by atoms with van der Waals surface area (Å²) in [4.78, 5) is 15.3. The topological polar surface area (TPSA) is 112 Å². The molecule has 6 rings (SSSR count). The Bertz CT molecular complexity index is 1400. The number of hydrogen-bond donors (Lipinski definition) is 3. The Balaban J connectivity index is 1.39. The number of H-pyrrole nitrogens is 2. The third kappa shape index (κ3) is 3.35. The van der Waals surface area contributed by atoms with E-state index < -0.39 is 0 Å². The first-order valence-electron chi connectivity index (χ1n) is 11.4. The molecule has 1 aliphatic carbocycles.